The molecular weight excluding hydrogens is 279 g/mol. The first-order chi connectivity index (χ1) is 9.93. The number of aromatic amines is 1. The number of ether oxygens (including phenoxy) is 1. The normalized spacial score (nSPS) is 10.5. The topological polar surface area (TPSA) is 80.2 Å². The van der Waals surface area contributed by atoms with Crippen molar-refractivity contribution in [2.45, 2.75) is 6.54 Å². The second-order valence-electron chi connectivity index (χ2n) is 4.61. The van der Waals surface area contributed by atoms with Crippen LogP contribution in [0.1, 0.15) is 5.56 Å². The maximum Gasteiger partial charge on any atom is 0.345 e. The Bertz CT molecular complexity index is 767. The molecule has 0 aliphatic carbocycles. The van der Waals surface area contributed by atoms with Crippen LogP contribution >= 0.6 is 0 Å². The Labute approximate surface area is 119 Å². The molecule has 0 spiro atoms. The van der Waals surface area contributed by atoms with Crippen LogP contribution in [-0.4, -0.2) is 36.0 Å². The average Bonchev–Trinajstić information content (AvgIpc) is 2.45. The quantitative estimate of drug-likeness (QED) is 0.871. The van der Waals surface area contributed by atoms with Crippen molar-refractivity contribution < 1.29 is 9.13 Å². The first kappa shape index (κ1) is 14.8. The molecule has 0 aliphatic heterocycles. The Morgan fingerprint density at radius 3 is 2.71 bits per heavy atom. The summed E-state index contributed by atoms with van der Waals surface area (Å²) in [6.07, 6.45) is 0. The Kier molecular flexibility index (Phi) is 4.06. The molecule has 8 heteroatoms. The van der Waals surface area contributed by atoms with Crippen molar-refractivity contribution in [3.05, 3.63) is 50.4 Å². The third kappa shape index (κ3) is 2.93. The molecular formula is C13H15FN4O3. The SMILES string of the molecule is COc1n[nH]c(=O)n(Cc2ccc(F)c(N(C)C)c2)c1=O. The number of halogens is 1. The smallest absolute Gasteiger partial charge is 0.345 e. The van der Waals surface area contributed by atoms with E-state index in [9.17, 15) is 14.0 Å². The van der Waals surface area contributed by atoms with Gasteiger partial charge < -0.3 is 9.64 Å². The van der Waals surface area contributed by atoms with E-state index in [1.54, 1.807) is 25.1 Å². The number of benzene rings is 1. The lowest BCUT2D eigenvalue weighted by atomic mass is 10.2. The molecule has 0 amide bonds. The number of nitrogens with one attached hydrogen (secondary N) is 1. The summed E-state index contributed by atoms with van der Waals surface area (Å²) < 4.78 is 19.3. The van der Waals surface area contributed by atoms with Gasteiger partial charge in [-0.05, 0) is 17.7 Å². The van der Waals surface area contributed by atoms with Gasteiger partial charge in [0.2, 0.25) is 0 Å². The zero-order chi connectivity index (χ0) is 15.6. The number of H-pyrrole nitrogens is 1. The maximum absolute atomic E-state index is 13.6. The van der Waals surface area contributed by atoms with Crippen molar-refractivity contribution in [2.24, 2.45) is 0 Å². The van der Waals surface area contributed by atoms with Crippen LogP contribution in [0.2, 0.25) is 0 Å². The number of aromatic nitrogens is 3. The lowest BCUT2D eigenvalue weighted by molar-refractivity contribution is 0.374. The number of hydrogen-bond donors (Lipinski definition) is 1. The van der Waals surface area contributed by atoms with Gasteiger partial charge in [0.25, 0.3) is 5.88 Å². The molecule has 2 aromatic rings. The maximum atomic E-state index is 13.6. The fourth-order valence-corrected chi connectivity index (χ4v) is 1.87. The van der Waals surface area contributed by atoms with E-state index in [0.29, 0.717) is 11.3 Å². The molecule has 112 valence electrons. The summed E-state index contributed by atoms with van der Waals surface area (Å²) in [5.41, 5.74) is -0.313. The molecule has 2 rings (SSSR count). The highest BCUT2D eigenvalue weighted by molar-refractivity contribution is 5.48. The molecule has 1 heterocycles. The Hall–Kier alpha value is -2.64. The summed E-state index contributed by atoms with van der Waals surface area (Å²) in [7, 11) is 4.70. The summed E-state index contributed by atoms with van der Waals surface area (Å²) in [4.78, 5) is 25.3. The lowest BCUT2D eigenvalue weighted by Crippen LogP contribution is -2.37. The van der Waals surface area contributed by atoms with E-state index < -0.39 is 11.2 Å². The molecule has 0 aliphatic rings. The predicted molar refractivity (Wildman–Crippen MR) is 75.5 cm³/mol. The van der Waals surface area contributed by atoms with E-state index in [0.717, 1.165) is 4.57 Å². The van der Waals surface area contributed by atoms with Gasteiger partial charge in [-0.1, -0.05) is 6.07 Å². The van der Waals surface area contributed by atoms with Crippen LogP contribution in [0.5, 0.6) is 5.88 Å². The second-order valence-corrected chi connectivity index (χ2v) is 4.61. The highest BCUT2D eigenvalue weighted by Gasteiger charge is 2.11. The molecule has 0 bridgehead atoms. The first-order valence-corrected chi connectivity index (χ1v) is 6.13. The average molecular weight is 294 g/mol. The summed E-state index contributed by atoms with van der Waals surface area (Å²) >= 11 is 0. The van der Waals surface area contributed by atoms with Gasteiger partial charge in [0.05, 0.1) is 19.3 Å². The van der Waals surface area contributed by atoms with E-state index in [1.165, 1.54) is 19.2 Å². The molecule has 0 fully saturated rings. The summed E-state index contributed by atoms with van der Waals surface area (Å²) in [6.45, 7) is -0.00579. The van der Waals surface area contributed by atoms with Gasteiger partial charge in [0.15, 0.2) is 0 Å². The van der Waals surface area contributed by atoms with Crippen LogP contribution in [0.4, 0.5) is 10.1 Å². The number of methoxy groups -OCH3 is 1. The number of hydrogen-bond acceptors (Lipinski definition) is 5. The minimum atomic E-state index is -0.656. The lowest BCUT2D eigenvalue weighted by Gasteiger charge is -2.15. The highest BCUT2D eigenvalue weighted by atomic mass is 19.1. The molecule has 1 N–H and O–H groups in total. The molecule has 7 nitrogen and oxygen atoms in total. The fourth-order valence-electron chi connectivity index (χ4n) is 1.87. The van der Waals surface area contributed by atoms with Crippen molar-refractivity contribution in [1.29, 1.82) is 0 Å². The van der Waals surface area contributed by atoms with E-state index in [4.69, 9.17) is 4.74 Å². The minimum absolute atomic E-state index is 0.00579. The van der Waals surface area contributed by atoms with Gasteiger partial charge >= 0.3 is 11.2 Å². The van der Waals surface area contributed by atoms with E-state index in [-0.39, 0.29) is 18.2 Å². The molecule has 0 saturated carbocycles. The monoisotopic (exact) mass is 294 g/mol. The third-order valence-corrected chi connectivity index (χ3v) is 2.95. The Morgan fingerprint density at radius 2 is 2.10 bits per heavy atom. The first-order valence-electron chi connectivity index (χ1n) is 6.13. The van der Waals surface area contributed by atoms with E-state index >= 15 is 0 Å². The Balaban J connectivity index is 2.46. The van der Waals surface area contributed by atoms with Crippen LogP contribution in [0.3, 0.4) is 0 Å². The molecule has 0 radical (unpaired) electrons. The Morgan fingerprint density at radius 1 is 1.38 bits per heavy atom. The van der Waals surface area contributed by atoms with Gasteiger partial charge in [-0.3, -0.25) is 9.36 Å². The summed E-state index contributed by atoms with van der Waals surface area (Å²) in [6, 6.07) is 4.39. The van der Waals surface area contributed by atoms with Crippen molar-refractivity contribution in [3.8, 4) is 5.88 Å². The molecule has 1 aromatic heterocycles. The molecule has 1 aromatic carbocycles. The number of anilines is 1. The standard InChI is InChI=1S/C13H15FN4O3/c1-17(2)10-6-8(4-5-9(10)14)7-18-12(19)11(21-3)15-16-13(18)20/h4-6H,7H2,1-3H3,(H,16,20). The van der Waals surface area contributed by atoms with Crippen LogP contribution < -0.4 is 20.9 Å². The highest BCUT2D eigenvalue weighted by Crippen LogP contribution is 2.18. The zero-order valence-corrected chi connectivity index (χ0v) is 11.9. The van der Waals surface area contributed by atoms with Gasteiger partial charge in [0.1, 0.15) is 5.82 Å². The molecule has 0 saturated heterocycles. The second kappa shape index (κ2) is 5.78. The van der Waals surface area contributed by atoms with E-state index in [2.05, 4.69) is 10.2 Å². The largest absolute Gasteiger partial charge is 0.476 e. The molecule has 21 heavy (non-hydrogen) atoms. The third-order valence-electron chi connectivity index (χ3n) is 2.95. The van der Waals surface area contributed by atoms with E-state index in [1.807, 2.05) is 0 Å². The molecule has 0 unspecified atom stereocenters. The van der Waals surface area contributed by atoms with Crippen molar-refractivity contribution in [2.75, 3.05) is 26.1 Å². The number of nitrogens with zero attached hydrogens (tertiary/aromatic N) is 3. The summed E-state index contributed by atoms with van der Waals surface area (Å²) in [5.74, 6) is -0.582. The number of rotatable bonds is 4. The van der Waals surface area contributed by atoms with Crippen LogP contribution in [0.25, 0.3) is 0 Å². The van der Waals surface area contributed by atoms with Gasteiger partial charge in [-0.2, -0.15) is 0 Å². The molecule has 0 atom stereocenters. The van der Waals surface area contributed by atoms with Gasteiger partial charge in [-0.25, -0.2) is 14.3 Å². The van der Waals surface area contributed by atoms with Crippen molar-refractivity contribution in [3.63, 3.8) is 0 Å². The predicted octanol–water partition coefficient (Wildman–Crippen LogP) is 0.194. The van der Waals surface area contributed by atoms with Gasteiger partial charge in [-0.15, -0.1) is 5.10 Å². The van der Waals surface area contributed by atoms with Crippen LogP contribution in [0.15, 0.2) is 27.8 Å². The van der Waals surface area contributed by atoms with Crippen molar-refractivity contribution in [1.82, 2.24) is 14.8 Å². The van der Waals surface area contributed by atoms with Crippen LogP contribution in [-0.2, 0) is 6.54 Å². The van der Waals surface area contributed by atoms with Gasteiger partial charge in [0, 0.05) is 14.1 Å². The zero-order valence-electron chi connectivity index (χ0n) is 11.9. The minimum Gasteiger partial charge on any atom is -0.476 e. The van der Waals surface area contributed by atoms with Crippen molar-refractivity contribution >= 4 is 5.69 Å². The van der Waals surface area contributed by atoms with Crippen LogP contribution in [0, 0.1) is 5.82 Å². The fraction of sp³-hybridized carbons (Fsp3) is 0.308. The summed E-state index contributed by atoms with van der Waals surface area (Å²) in [5, 5.41) is 5.67.